The standard InChI is InChI=1S/C20H16ClN5O2S/c1-28-15-7-5-12(6-8-15)18-24-17(25-26-18)10-22-19(27)16-11-29-20(23-16)13-3-2-4-14(21)9-13/h2-9,11H,10H2,1H3,(H,22,27)(H,24,25,26). The van der Waals surface area contributed by atoms with E-state index in [-0.39, 0.29) is 12.5 Å². The first-order valence-corrected chi connectivity index (χ1v) is 9.93. The molecule has 0 fully saturated rings. The molecule has 2 heterocycles. The number of H-pyrrole nitrogens is 1. The number of aromatic amines is 1. The van der Waals surface area contributed by atoms with Gasteiger partial charge < -0.3 is 10.1 Å². The first-order valence-electron chi connectivity index (χ1n) is 8.68. The van der Waals surface area contributed by atoms with Crippen LogP contribution in [0.1, 0.15) is 16.3 Å². The van der Waals surface area contributed by atoms with Crippen LogP contribution in [0.5, 0.6) is 5.75 Å². The van der Waals surface area contributed by atoms with Gasteiger partial charge in [-0.05, 0) is 36.4 Å². The number of hydrogen-bond donors (Lipinski definition) is 2. The van der Waals surface area contributed by atoms with Crippen LogP contribution in [0.15, 0.2) is 53.9 Å². The molecule has 4 rings (SSSR count). The highest BCUT2D eigenvalue weighted by Crippen LogP contribution is 2.26. The summed E-state index contributed by atoms with van der Waals surface area (Å²) in [5.74, 6) is 1.58. The Bertz CT molecular complexity index is 1140. The van der Waals surface area contributed by atoms with E-state index in [1.807, 2.05) is 42.5 Å². The molecule has 0 saturated carbocycles. The second kappa shape index (κ2) is 8.42. The second-order valence-corrected chi connectivity index (χ2v) is 7.36. The lowest BCUT2D eigenvalue weighted by molar-refractivity contribution is 0.0945. The number of amides is 1. The maximum absolute atomic E-state index is 12.4. The van der Waals surface area contributed by atoms with E-state index in [0.29, 0.717) is 22.4 Å². The van der Waals surface area contributed by atoms with Crippen LogP contribution < -0.4 is 10.1 Å². The summed E-state index contributed by atoms with van der Waals surface area (Å²) in [5.41, 5.74) is 2.08. The van der Waals surface area contributed by atoms with Crippen LogP contribution in [0, 0.1) is 0 Å². The quantitative estimate of drug-likeness (QED) is 0.483. The van der Waals surface area contributed by atoms with Crippen molar-refractivity contribution in [3.63, 3.8) is 0 Å². The van der Waals surface area contributed by atoms with Crippen LogP contribution in [0.2, 0.25) is 5.02 Å². The summed E-state index contributed by atoms with van der Waals surface area (Å²) in [6.45, 7) is 0.214. The number of nitrogens with zero attached hydrogens (tertiary/aromatic N) is 3. The molecule has 4 aromatic rings. The number of thiazole rings is 1. The third-order valence-electron chi connectivity index (χ3n) is 4.10. The molecule has 7 nitrogen and oxygen atoms in total. The van der Waals surface area contributed by atoms with Crippen molar-refractivity contribution in [3.05, 3.63) is 70.5 Å². The monoisotopic (exact) mass is 425 g/mol. The van der Waals surface area contributed by atoms with Gasteiger partial charge in [-0.2, -0.15) is 5.10 Å². The summed E-state index contributed by atoms with van der Waals surface area (Å²) in [7, 11) is 1.61. The molecule has 2 N–H and O–H groups in total. The summed E-state index contributed by atoms with van der Waals surface area (Å²) >= 11 is 7.41. The number of nitrogens with one attached hydrogen (secondary N) is 2. The van der Waals surface area contributed by atoms with Gasteiger partial charge in [0.05, 0.1) is 13.7 Å². The zero-order valence-corrected chi connectivity index (χ0v) is 16.9. The van der Waals surface area contributed by atoms with Crippen molar-refractivity contribution in [2.75, 3.05) is 7.11 Å². The molecule has 0 unspecified atom stereocenters. The Morgan fingerprint density at radius 3 is 2.76 bits per heavy atom. The van der Waals surface area contributed by atoms with E-state index < -0.39 is 0 Å². The van der Waals surface area contributed by atoms with Crippen LogP contribution in [0.25, 0.3) is 22.0 Å². The van der Waals surface area contributed by atoms with Crippen molar-refractivity contribution in [2.24, 2.45) is 0 Å². The minimum Gasteiger partial charge on any atom is -0.497 e. The normalized spacial score (nSPS) is 10.7. The zero-order valence-electron chi connectivity index (χ0n) is 15.3. The highest BCUT2D eigenvalue weighted by Gasteiger charge is 2.13. The van der Waals surface area contributed by atoms with Crippen molar-refractivity contribution in [1.82, 2.24) is 25.5 Å². The molecule has 2 aromatic heterocycles. The molecule has 0 spiro atoms. The van der Waals surface area contributed by atoms with Crippen LogP contribution >= 0.6 is 22.9 Å². The number of ether oxygens (including phenoxy) is 1. The molecule has 0 aliphatic heterocycles. The minimum absolute atomic E-state index is 0.214. The van der Waals surface area contributed by atoms with Crippen molar-refractivity contribution < 1.29 is 9.53 Å². The van der Waals surface area contributed by atoms with Crippen LogP contribution in [-0.2, 0) is 6.54 Å². The molecule has 0 bridgehead atoms. The Kier molecular flexibility index (Phi) is 5.55. The van der Waals surface area contributed by atoms with E-state index >= 15 is 0 Å². The average molecular weight is 426 g/mol. The molecule has 0 aliphatic rings. The number of carbonyl (C=O) groups is 1. The molecule has 2 aromatic carbocycles. The number of rotatable bonds is 6. The van der Waals surface area contributed by atoms with Gasteiger partial charge in [0.1, 0.15) is 22.3 Å². The van der Waals surface area contributed by atoms with Gasteiger partial charge in [0.2, 0.25) is 0 Å². The van der Waals surface area contributed by atoms with E-state index in [0.717, 1.165) is 21.9 Å². The lowest BCUT2D eigenvalue weighted by Crippen LogP contribution is -2.23. The van der Waals surface area contributed by atoms with E-state index in [1.54, 1.807) is 18.6 Å². The Morgan fingerprint density at radius 2 is 2.00 bits per heavy atom. The fourth-order valence-electron chi connectivity index (χ4n) is 2.63. The maximum Gasteiger partial charge on any atom is 0.271 e. The van der Waals surface area contributed by atoms with Crippen LogP contribution in [0.3, 0.4) is 0 Å². The summed E-state index contributed by atoms with van der Waals surface area (Å²) < 4.78 is 5.15. The highest BCUT2D eigenvalue weighted by atomic mass is 35.5. The Morgan fingerprint density at radius 1 is 1.17 bits per heavy atom. The van der Waals surface area contributed by atoms with Gasteiger partial charge in [0.25, 0.3) is 5.91 Å². The minimum atomic E-state index is -0.281. The van der Waals surface area contributed by atoms with Crippen LogP contribution in [-0.4, -0.2) is 33.2 Å². The molecule has 146 valence electrons. The Hall–Kier alpha value is -3.23. The molecule has 0 aliphatic carbocycles. The topological polar surface area (TPSA) is 92.8 Å². The number of halogens is 1. The molecular formula is C20H16ClN5O2S. The number of benzene rings is 2. The summed E-state index contributed by atoms with van der Waals surface area (Å²) in [6, 6.07) is 14.8. The van der Waals surface area contributed by atoms with E-state index in [4.69, 9.17) is 16.3 Å². The van der Waals surface area contributed by atoms with Gasteiger partial charge in [-0.25, -0.2) is 9.97 Å². The molecule has 9 heteroatoms. The summed E-state index contributed by atoms with van der Waals surface area (Å²) in [4.78, 5) is 21.2. The van der Waals surface area contributed by atoms with Crippen LogP contribution in [0.4, 0.5) is 0 Å². The van der Waals surface area contributed by atoms with Crippen molar-refractivity contribution in [2.45, 2.75) is 6.54 Å². The summed E-state index contributed by atoms with van der Waals surface area (Å²) in [5, 5.41) is 12.9. The lowest BCUT2D eigenvalue weighted by atomic mass is 10.2. The van der Waals surface area contributed by atoms with Gasteiger partial charge in [-0.3, -0.25) is 9.89 Å². The molecular weight excluding hydrogens is 410 g/mol. The highest BCUT2D eigenvalue weighted by molar-refractivity contribution is 7.13. The first-order chi connectivity index (χ1) is 14.1. The zero-order chi connectivity index (χ0) is 20.2. The second-order valence-electron chi connectivity index (χ2n) is 6.07. The van der Waals surface area contributed by atoms with E-state index in [2.05, 4.69) is 25.5 Å². The molecule has 0 saturated heterocycles. The van der Waals surface area contributed by atoms with E-state index in [9.17, 15) is 4.79 Å². The lowest BCUT2D eigenvalue weighted by Gasteiger charge is -2.00. The number of aromatic nitrogens is 4. The van der Waals surface area contributed by atoms with Crippen molar-refractivity contribution in [1.29, 1.82) is 0 Å². The van der Waals surface area contributed by atoms with Gasteiger partial charge in [0, 0.05) is 21.5 Å². The molecule has 29 heavy (non-hydrogen) atoms. The molecule has 1 amide bonds. The SMILES string of the molecule is COc1ccc(-c2n[nH]c(CNC(=O)c3csc(-c4cccc(Cl)c4)n3)n2)cc1. The van der Waals surface area contributed by atoms with Crippen molar-refractivity contribution in [3.8, 4) is 27.7 Å². The van der Waals surface area contributed by atoms with Gasteiger partial charge in [0.15, 0.2) is 5.82 Å². The van der Waals surface area contributed by atoms with Gasteiger partial charge >= 0.3 is 0 Å². The smallest absolute Gasteiger partial charge is 0.271 e. The largest absolute Gasteiger partial charge is 0.497 e. The Balaban J connectivity index is 1.39. The maximum atomic E-state index is 12.4. The average Bonchev–Trinajstić information content (AvgIpc) is 3.42. The number of hydrogen-bond acceptors (Lipinski definition) is 6. The third kappa shape index (κ3) is 4.44. The molecule has 0 atom stereocenters. The number of carbonyl (C=O) groups excluding carboxylic acids is 1. The fraction of sp³-hybridized carbons (Fsp3) is 0.100. The van der Waals surface area contributed by atoms with Gasteiger partial charge in [-0.15, -0.1) is 11.3 Å². The van der Waals surface area contributed by atoms with Crippen molar-refractivity contribution >= 4 is 28.8 Å². The van der Waals surface area contributed by atoms with Gasteiger partial charge in [-0.1, -0.05) is 23.7 Å². The Labute approximate surface area is 175 Å². The predicted molar refractivity (Wildman–Crippen MR) is 112 cm³/mol. The summed E-state index contributed by atoms with van der Waals surface area (Å²) in [6.07, 6.45) is 0. The number of methoxy groups -OCH3 is 1. The predicted octanol–water partition coefficient (Wildman–Crippen LogP) is 4.19. The molecule has 0 radical (unpaired) electrons. The fourth-order valence-corrected chi connectivity index (χ4v) is 3.62. The van der Waals surface area contributed by atoms with E-state index in [1.165, 1.54) is 11.3 Å². The third-order valence-corrected chi connectivity index (χ3v) is 5.23. The first kappa shape index (κ1) is 19.1.